The number of nitrogens with zero attached hydrogens (tertiary/aromatic N) is 1. The molecule has 0 unspecified atom stereocenters. The Morgan fingerprint density at radius 2 is 1.95 bits per heavy atom. The summed E-state index contributed by atoms with van der Waals surface area (Å²) in [5.41, 5.74) is 1.46. The number of piperidine rings is 1. The zero-order valence-corrected chi connectivity index (χ0v) is 11.9. The maximum atomic E-state index is 3.65. The van der Waals surface area contributed by atoms with Crippen LogP contribution in [0.5, 0.6) is 0 Å². The summed E-state index contributed by atoms with van der Waals surface area (Å²) in [6, 6.07) is 11.8. The van der Waals surface area contributed by atoms with E-state index < -0.39 is 0 Å². The van der Waals surface area contributed by atoms with Gasteiger partial charge in [-0.3, -0.25) is 4.90 Å². The molecule has 2 aliphatic rings. The molecule has 1 aliphatic carbocycles. The molecule has 2 heteroatoms. The van der Waals surface area contributed by atoms with Gasteiger partial charge in [0.2, 0.25) is 0 Å². The standard InChI is InChI=1S/C17H26N2/c1-2-5-15(6-3-1)13-19-12-4-7-16(14-19)10-11-18-17-8-9-17/h1-3,5-6,16-18H,4,7-14H2/t16-/m0/s1. The van der Waals surface area contributed by atoms with E-state index in [0.717, 1.165) is 18.5 Å². The minimum absolute atomic E-state index is 0.865. The average molecular weight is 258 g/mol. The highest BCUT2D eigenvalue weighted by Gasteiger charge is 2.22. The number of likely N-dealkylation sites (tertiary alicyclic amines) is 1. The first-order valence-electron chi connectivity index (χ1n) is 7.90. The topological polar surface area (TPSA) is 15.3 Å². The fourth-order valence-corrected chi connectivity index (χ4v) is 3.15. The molecule has 1 saturated carbocycles. The minimum Gasteiger partial charge on any atom is -0.314 e. The van der Waals surface area contributed by atoms with Crippen molar-refractivity contribution in [2.75, 3.05) is 19.6 Å². The van der Waals surface area contributed by atoms with E-state index in [2.05, 4.69) is 40.5 Å². The molecule has 2 nitrogen and oxygen atoms in total. The van der Waals surface area contributed by atoms with Gasteiger partial charge >= 0.3 is 0 Å². The molecule has 0 bridgehead atoms. The lowest BCUT2D eigenvalue weighted by atomic mass is 9.94. The Hall–Kier alpha value is -0.860. The lowest BCUT2D eigenvalue weighted by molar-refractivity contribution is 0.161. The summed E-state index contributed by atoms with van der Waals surface area (Å²) in [4.78, 5) is 2.64. The van der Waals surface area contributed by atoms with Crippen molar-refractivity contribution in [1.82, 2.24) is 10.2 Å². The van der Waals surface area contributed by atoms with Gasteiger partial charge in [-0.05, 0) is 56.7 Å². The third kappa shape index (κ3) is 4.32. The first-order valence-corrected chi connectivity index (χ1v) is 7.90. The lowest BCUT2D eigenvalue weighted by Crippen LogP contribution is -2.36. The molecule has 3 rings (SSSR count). The monoisotopic (exact) mass is 258 g/mol. The maximum absolute atomic E-state index is 3.65. The molecular formula is C17H26N2. The van der Waals surface area contributed by atoms with E-state index in [9.17, 15) is 0 Å². The van der Waals surface area contributed by atoms with Gasteiger partial charge < -0.3 is 5.32 Å². The van der Waals surface area contributed by atoms with E-state index in [1.54, 1.807) is 0 Å². The predicted molar refractivity (Wildman–Crippen MR) is 80.1 cm³/mol. The second kappa shape index (κ2) is 6.53. The van der Waals surface area contributed by atoms with Crippen molar-refractivity contribution in [2.24, 2.45) is 5.92 Å². The SMILES string of the molecule is c1ccc(CN2CCC[C@@H](CCNC3CC3)C2)cc1. The van der Waals surface area contributed by atoms with Crippen molar-refractivity contribution in [3.05, 3.63) is 35.9 Å². The first kappa shape index (κ1) is 13.1. The zero-order valence-electron chi connectivity index (χ0n) is 11.9. The number of hydrogen-bond acceptors (Lipinski definition) is 2. The molecule has 1 heterocycles. The molecule has 1 aromatic rings. The van der Waals surface area contributed by atoms with E-state index in [0.29, 0.717) is 0 Å². The van der Waals surface area contributed by atoms with Gasteiger partial charge in [0, 0.05) is 19.1 Å². The highest BCUT2D eigenvalue weighted by atomic mass is 15.1. The van der Waals surface area contributed by atoms with E-state index in [4.69, 9.17) is 0 Å². The van der Waals surface area contributed by atoms with Crippen molar-refractivity contribution in [3.8, 4) is 0 Å². The van der Waals surface area contributed by atoms with Gasteiger partial charge in [0.15, 0.2) is 0 Å². The maximum Gasteiger partial charge on any atom is 0.0233 e. The van der Waals surface area contributed by atoms with Crippen molar-refractivity contribution < 1.29 is 0 Å². The van der Waals surface area contributed by atoms with E-state index in [-0.39, 0.29) is 0 Å². The van der Waals surface area contributed by atoms with Crippen molar-refractivity contribution in [2.45, 2.75) is 44.7 Å². The molecule has 0 amide bonds. The van der Waals surface area contributed by atoms with Crippen LogP contribution in [0.2, 0.25) is 0 Å². The largest absolute Gasteiger partial charge is 0.314 e. The van der Waals surface area contributed by atoms with Crippen LogP contribution in [0.15, 0.2) is 30.3 Å². The molecule has 1 aromatic carbocycles. The Morgan fingerprint density at radius 3 is 2.74 bits per heavy atom. The fraction of sp³-hybridized carbons (Fsp3) is 0.647. The predicted octanol–water partition coefficient (Wildman–Crippen LogP) is 3.04. The average Bonchev–Trinajstić information content (AvgIpc) is 3.25. The highest BCUT2D eigenvalue weighted by molar-refractivity contribution is 5.14. The van der Waals surface area contributed by atoms with Crippen LogP contribution >= 0.6 is 0 Å². The first-order chi connectivity index (χ1) is 9.40. The summed E-state index contributed by atoms with van der Waals surface area (Å²) in [6.45, 7) is 4.94. The Labute approximate surface area is 117 Å². The van der Waals surface area contributed by atoms with Crippen LogP contribution in [0.1, 0.15) is 37.7 Å². The Kier molecular flexibility index (Phi) is 4.52. The summed E-state index contributed by atoms with van der Waals surface area (Å²) in [6.07, 6.45) is 6.98. The molecule has 2 fully saturated rings. The number of rotatable bonds is 6. The van der Waals surface area contributed by atoms with Gasteiger partial charge in [-0.2, -0.15) is 0 Å². The molecule has 0 radical (unpaired) electrons. The Morgan fingerprint density at radius 1 is 1.11 bits per heavy atom. The molecular weight excluding hydrogens is 232 g/mol. The van der Waals surface area contributed by atoms with Crippen LogP contribution in [-0.2, 0) is 6.54 Å². The molecule has 104 valence electrons. The Bertz CT molecular complexity index is 372. The van der Waals surface area contributed by atoms with Gasteiger partial charge in [0.25, 0.3) is 0 Å². The molecule has 1 N–H and O–H groups in total. The van der Waals surface area contributed by atoms with Crippen LogP contribution in [0, 0.1) is 5.92 Å². The lowest BCUT2D eigenvalue weighted by Gasteiger charge is -2.32. The summed E-state index contributed by atoms with van der Waals surface area (Å²) >= 11 is 0. The summed E-state index contributed by atoms with van der Waals surface area (Å²) in [5, 5.41) is 3.65. The van der Waals surface area contributed by atoms with Gasteiger partial charge in [-0.25, -0.2) is 0 Å². The number of hydrogen-bond donors (Lipinski definition) is 1. The molecule has 0 aromatic heterocycles. The minimum atomic E-state index is 0.865. The molecule has 1 atom stereocenters. The van der Waals surface area contributed by atoms with E-state index >= 15 is 0 Å². The van der Waals surface area contributed by atoms with Crippen LogP contribution in [0.4, 0.5) is 0 Å². The summed E-state index contributed by atoms with van der Waals surface area (Å²) < 4.78 is 0. The van der Waals surface area contributed by atoms with Crippen LogP contribution in [0.3, 0.4) is 0 Å². The van der Waals surface area contributed by atoms with Gasteiger partial charge in [-0.1, -0.05) is 30.3 Å². The third-order valence-corrected chi connectivity index (χ3v) is 4.42. The summed E-state index contributed by atoms with van der Waals surface area (Å²) in [7, 11) is 0. The van der Waals surface area contributed by atoms with Crippen molar-refractivity contribution >= 4 is 0 Å². The fourth-order valence-electron chi connectivity index (χ4n) is 3.15. The quantitative estimate of drug-likeness (QED) is 0.843. The van der Waals surface area contributed by atoms with Crippen LogP contribution in [-0.4, -0.2) is 30.6 Å². The molecule has 1 saturated heterocycles. The number of benzene rings is 1. The van der Waals surface area contributed by atoms with Crippen molar-refractivity contribution in [3.63, 3.8) is 0 Å². The zero-order chi connectivity index (χ0) is 12.9. The normalized spacial score (nSPS) is 24.5. The number of nitrogens with one attached hydrogen (secondary N) is 1. The summed E-state index contributed by atoms with van der Waals surface area (Å²) in [5.74, 6) is 0.906. The van der Waals surface area contributed by atoms with Gasteiger partial charge in [0.05, 0.1) is 0 Å². The van der Waals surface area contributed by atoms with Crippen LogP contribution in [0.25, 0.3) is 0 Å². The highest BCUT2D eigenvalue weighted by Crippen LogP contribution is 2.22. The van der Waals surface area contributed by atoms with E-state index in [1.807, 2.05) is 0 Å². The molecule has 0 spiro atoms. The Balaban J connectivity index is 1.42. The van der Waals surface area contributed by atoms with Crippen LogP contribution < -0.4 is 5.32 Å². The van der Waals surface area contributed by atoms with E-state index in [1.165, 1.54) is 57.3 Å². The third-order valence-electron chi connectivity index (χ3n) is 4.42. The second-order valence-corrected chi connectivity index (χ2v) is 6.25. The second-order valence-electron chi connectivity index (χ2n) is 6.25. The smallest absolute Gasteiger partial charge is 0.0233 e. The molecule has 19 heavy (non-hydrogen) atoms. The van der Waals surface area contributed by atoms with Gasteiger partial charge in [0.1, 0.15) is 0 Å². The van der Waals surface area contributed by atoms with Gasteiger partial charge in [-0.15, -0.1) is 0 Å². The van der Waals surface area contributed by atoms with Crippen molar-refractivity contribution in [1.29, 1.82) is 0 Å². The molecule has 1 aliphatic heterocycles.